The van der Waals surface area contributed by atoms with Gasteiger partial charge in [-0.15, -0.1) is 0 Å². The second-order valence-corrected chi connectivity index (χ2v) is 4.93. The summed E-state index contributed by atoms with van der Waals surface area (Å²) >= 11 is 0. The van der Waals surface area contributed by atoms with E-state index < -0.39 is 12.0 Å². The smallest absolute Gasteiger partial charge is 0.328 e. The first-order valence-electron chi connectivity index (χ1n) is 6.24. The highest BCUT2D eigenvalue weighted by atomic mass is 16.5. The lowest BCUT2D eigenvalue weighted by atomic mass is 10.0. The Morgan fingerprint density at radius 2 is 2.05 bits per heavy atom. The Labute approximate surface area is 113 Å². The van der Waals surface area contributed by atoms with Crippen LogP contribution in [0.1, 0.15) is 36.2 Å². The number of carbonyl (C=O) groups is 2. The number of ether oxygens (including phenoxy) is 1. The van der Waals surface area contributed by atoms with Crippen LogP contribution in [-0.4, -0.2) is 30.0 Å². The Hall–Kier alpha value is -1.91. The third kappa shape index (κ3) is 4.69. The van der Waals surface area contributed by atoms with Crippen molar-refractivity contribution in [3.8, 4) is 0 Å². The van der Waals surface area contributed by atoms with Crippen LogP contribution in [-0.2, 0) is 9.53 Å². The lowest BCUT2D eigenvalue weighted by Gasteiger charge is -2.18. The summed E-state index contributed by atoms with van der Waals surface area (Å²) in [5.41, 5.74) is 1.34. The highest BCUT2D eigenvalue weighted by molar-refractivity contribution is 5.96. The minimum absolute atomic E-state index is 0.278. The van der Waals surface area contributed by atoms with Gasteiger partial charge in [-0.3, -0.25) is 9.78 Å². The second-order valence-electron chi connectivity index (χ2n) is 4.93. The maximum absolute atomic E-state index is 12.1. The van der Waals surface area contributed by atoms with Gasteiger partial charge in [-0.05, 0) is 30.9 Å². The van der Waals surface area contributed by atoms with Crippen LogP contribution in [0.25, 0.3) is 0 Å². The summed E-state index contributed by atoms with van der Waals surface area (Å²) in [4.78, 5) is 27.6. The SMILES string of the molecule is COC(=O)C(CC(C)C)NC(=O)c1cncc(C)c1. The number of methoxy groups -OCH3 is 1. The number of amides is 1. The fourth-order valence-corrected chi connectivity index (χ4v) is 1.75. The van der Waals surface area contributed by atoms with E-state index in [1.54, 1.807) is 12.3 Å². The zero-order chi connectivity index (χ0) is 14.4. The lowest BCUT2D eigenvalue weighted by molar-refractivity contribution is -0.143. The van der Waals surface area contributed by atoms with Gasteiger partial charge in [-0.2, -0.15) is 0 Å². The number of aryl methyl sites for hydroxylation is 1. The predicted molar refractivity (Wildman–Crippen MR) is 71.7 cm³/mol. The van der Waals surface area contributed by atoms with Crippen LogP contribution in [0.2, 0.25) is 0 Å². The molecule has 0 fully saturated rings. The van der Waals surface area contributed by atoms with Crippen molar-refractivity contribution < 1.29 is 14.3 Å². The van der Waals surface area contributed by atoms with Crippen molar-refractivity contribution in [3.63, 3.8) is 0 Å². The molecule has 0 spiro atoms. The van der Waals surface area contributed by atoms with Crippen LogP contribution in [0.5, 0.6) is 0 Å². The molecule has 1 aromatic rings. The van der Waals surface area contributed by atoms with Crippen LogP contribution < -0.4 is 5.32 Å². The molecule has 0 aliphatic rings. The Bertz CT molecular complexity index is 458. The van der Waals surface area contributed by atoms with Crippen molar-refractivity contribution in [3.05, 3.63) is 29.6 Å². The summed E-state index contributed by atoms with van der Waals surface area (Å²) in [5.74, 6) is -0.463. The van der Waals surface area contributed by atoms with Crippen LogP contribution in [0.3, 0.4) is 0 Å². The fourth-order valence-electron chi connectivity index (χ4n) is 1.75. The Morgan fingerprint density at radius 3 is 2.58 bits per heavy atom. The van der Waals surface area contributed by atoms with Gasteiger partial charge in [0, 0.05) is 12.4 Å². The zero-order valence-corrected chi connectivity index (χ0v) is 11.8. The van der Waals surface area contributed by atoms with Crippen LogP contribution in [0, 0.1) is 12.8 Å². The molecule has 0 aromatic carbocycles. The Kier molecular flexibility index (Phi) is 5.48. The first kappa shape index (κ1) is 15.1. The normalized spacial score (nSPS) is 12.1. The van der Waals surface area contributed by atoms with E-state index in [-0.39, 0.29) is 11.8 Å². The quantitative estimate of drug-likeness (QED) is 0.822. The van der Waals surface area contributed by atoms with Gasteiger partial charge in [0.05, 0.1) is 12.7 Å². The third-order valence-corrected chi connectivity index (χ3v) is 2.64. The van der Waals surface area contributed by atoms with E-state index in [4.69, 9.17) is 4.74 Å². The summed E-state index contributed by atoms with van der Waals surface area (Å²) in [6, 6.07) is 1.10. The van der Waals surface area contributed by atoms with Gasteiger partial charge in [0.15, 0.2) is 0 Å². The number of hydrogen-bond donors (Lipinski definition) is 1. The van der Waals surface area contributed by atoms with Crippen molar-refractivity contribution in [2.24, 2.45) is 5.92 Å². The van der Waals surface area contributed by atoms with Gasteiger partial charge >= 0.3 is 5.97 Å². The maximum atomic E-state index is 12.1. The Balaban J connectivity index is 2.78. The first-order chi connectivity index (χ1) is 8.93. The average molecular weight is 264 g/mol. The molecule has 5 heteroatoms. The van der Waals surface area contributed by atoms with Crippen LogP contribution in [0.15, 0.2) is 18.5 Å². The first-order valence-corrected chi connectivity index (χ1v) is 6.24. The van der Waals surface area contributed by atoms with Gasteiger partial charge < -0.3 is 10.1 Å². The number of aromatic nitrogens is 1. The molecule has 0 saturated heterocycles. The molecular formula is C14H20N2O3. The molecule has 1 aromatic heterocycles. The van der Waals surface area contributed by atoms with Crippen LogP contribution in [0.4, 0.5) is 0 Å². The van der Waals surface area contributed by atoms with Crippen LogP contribution >= 0.6 is 0 Å². The van der Waals surface area contributed by atoms with Crippen molar-refractivity contribution >= 4 is 11.9 Å². The molecule has 19 heavy (non-hydrogen) atoms. The molecule has 0 aliphatic heterocycles. The van der Waals surface area contributed by atoms with Crippen molar-refractivity contribution in [2.45, 2.75) is 33.2 Å². The number of pyridine rings is 1. The van der Waals surface area contributed by atoms with E-state index in [2.05, 4.69) is 10.3 Å². The summed E-state index contributed by atoms with van der Waals surface area (Å²) in [6.07, 6.45) is 3.69. The molecular weight excluding hydrogens is 244 g/mol. The largest absolute Gasteiger partial charge is 0.467 e. The average Bonchev–Trinajstić information content (AvgIpc) is 2.36. The van der Waals surface area contributed by atoms with Gasteiger partial charge in [0.25, 0.3) is 5.91 Å². The van der Waals surface area contributed by atoms with E-state index in [1.807, 2.05) is 20.8 Å². The van der Waals surface area contributed by atoms with Gasteiger partial charge in [-0.25, -0.2) is 4.79 Å². The molecule has 1 N–H and O–H groups in total. The highest BCUT2D eigenvalue weighted by Crippen LogP contribution is 2.08. The van der Waals surface area contributed by atoms with E-state index in [1.165, 1.54) is 13.3 Å². The minimum atomic E-state index is -0.627. The van der Waals surface area contributed by atoms with Gasteiger partial charge in [0.1, 0.15) is 6.04 Å². The summed E-state index contributed by atoms with van der Waals surface area (Å²) in [7, 11) is 1.32. The van der Waals surface area contributed by atoms with E-state index in [0.29, 0.717) is 12.0 Å². The number of esters is 1. The third-order valence-electron chi connectivity index (χ3n) is 2.64. The predicted octanol–water partition coefficient (Wildman–Crippen LogP) is 1.71. The molecule has 0 radical (unpaired) electrons. The Morgan fingerprint density at radius 1 is 1.37 bits per heavy atom. The number of hydrogen-bond acceptors (Lipinski definition) is 4. The molecule has 0 aliphatic carbocycles. The number of rotatable bonds is 5. The molecule has 1 unspecified atom stereocenters. The summed E-state index contributed by atoms with van der Waals surface area (Å²) < 4.78 is 4.70. The monoisotopic (exact) mass is 264 g/mol. The van der Waals surface area contributed by atoms with E-state index in [9.17, 15) is 9.59 Å². The van der Waals surface area contributed by atoms with Crippen molar-refractivity contribution in [2.75, 3.05) is 7.11 Å². The molecule has 0 bridgehead atoms. The number of carbonyl (C=O) groups excluding carboxylic acids is 2. The zero-order valence-electron chi connectivity index (χ0n) is 11.8. The second kappa shape index (κ2) is 6.87. The standard InChI is InChI=1S/C14H20N2O3/c1-9(2)5-12(14(18)19-4)16-13(17)11-6-10(3)7-15-8-11/h6-9,12H,5H2,1-4H3,(H,16,17). The maximum Gasteiger partial charge on any atom is 0.328 e. The lowest BCUT2D eigenvalue weighted by Crippen LogP contribution is -2.42. The number of nitrogens with one attached hydrogen (secondary N) is 1. The van der Waals surface area contributed by atoms with E-state index >= 15 is 0 Å². The van der Waals surface area contributed by atoms with E-state index in [0.717, 1.165) is 5.56 Å². The minimum Gasteiger partial charge on any atom is -0.467 e. The molecule has 1 atom stereocenters. The topological polar surface area (TPSA) is 68.3 Å². The molecule has 1 amide bonds. The molecule has 104 valence electrons. The number of nitrogens with zero attached hydrogens (tertiary/aromatic N) is 1. The molecule has 0 saturated carbocycles. The molecule has 1 heterocycles. The van der Waals surface area contributed by atoms with Gasteiger partial charge in [-0.1, -0.05) is 13.8 Å². The summed E-state index contributed by atoms with van der Waals surface area (Å²) in [6.45, 7) is 5.82. The van der Waals surface area contributed by atoms with Crippen molar-refractivity contribution in [1.82, 2.24) is 10.3 Å². The van der Waals surface area contributed by atoms with Crippen molar-refractivity contribution in [1.29, 1.82) is 0 Å². The summed E-state index contributed by atoms with van der Waals surface area (Å²) in [5, 5.41) is 2.69. The highest BCUT2D eigenvalue weighted by Gasteiger charge is 2.23. The molecule has 1 rings (SSSR count). The molecule has 5 nitrogen and oxygen atoms in total. The fraction of sp³-hybridized carbons (Fsp3) is 0.500. The van der Waals surface area contributed by atoms with Gasteiger partial charge in [0.2, 0.25) is 0 Å².